The average molecular weight is 212 g/mol. The van der Waals surface area contributed by atoms with Crippen LogP contribution >= 0.6 is 0 Å². The summed E-state index contributed by atoms with van der Waals surface area (Å²) in [7, 11) is 0. The minimum absolute atomic E-state index is 0.154. The number of rotatable bonds is 1. The molecular weight excluding hydrogens is 196 g/mol. The molecule has 0 amide bonds. The second-order valence-corrected chi connectivity index (χ2v) is 5.44. The molecule has 0 saturated heterocycles. The number of nitrogens with zero attached hydrogens (tertiary/aromatic N) is 1. The summed E-state index contributed by atoms with van der Waals surface area (Å²) in [6.45, 7) is 4.44. The van der Waals surface area contributed by atoms with Crippen molar-refractivity contribution in [1.29, 1.82) is 0 Å². The predicted molar refractivity (Wildman–Crippen MR) is 66.0 cm³/mol. The Balaban J connectivity index is 2.14. The highest BCUT2D eigenvalue weighted by Gasteiger charge is 2.59. The van der Waals surface area contributed by atoms with Gasteiger partial charge in [-0.05, 0) is 29.5 Å². The van der Waals surface area contributed by atoms with Crippen LogP contribution < -0.4 is 5.73 Å². The van der Waals surface area contributed by atoms with Gasteiger partial charge in [0.1, 0.15) is 0 Å². The van der Waals surface area contributed by atoms with Crippen LogP contribution in [0.15, 0.2) is 36.5 Å². The van der Waals surface area contributed by atoms with Gasteiger partial charge in [-0.25, -0.2) is 0 Å². The van der Waals surface area contributed by atoms with Gasteiger partial charge in [0.05, 0.1) is 5.52 Å². The van der Waals surface area contributed by atoms with Gasteiger partial charge in [-0.2, -0.15) is 0 Å². The van der Waals surface area contributed by atoms with Crippen LogP contribution in [-0.2, 0) is 5.54 Å². The van der Waals surface area contributed by atoms with Crippen molar-refractivity contribution < 1.29 is 0 Å². The lowest BCUT2D eigenvalue weighted by Crippen LogP contribution is -2.25. The third kappa shape index (κ3) is 1.20. The van der Waals surface area contributed by atoms with E-state index in [0.29, 0.717) is 0 Å². The number of fused-ring (bicyclic) bond motifs is 1. The van der Waals surface area contributed by atoms with E-state index in [4.69, 9.17) is 5.73 Å². The van der Waals surface area contributed by atoms with Crippen LogP contribution in [0.3, 0.4) is 0 Å². The smallest absolute Gasteiger partial charge is 0.0705 e. The molecule has 2 nitrogen and oxygen atoms in total. The fourth-order valence-corrected chi connectivity index (χ4v) is 2.49. The van der Waals surface area contributed by atoms with Gasteiger partial charge in [-0.3, -0.25) is 4.98 Å². The number of hydrogen-bond donors (Lipinski definition) is 1. The largest absolute Gasteiger partial charge is 0.321 e. The Labute approximate surface area is 95.5 Å². The molecule has 82 valence electrons. The van der Waals surface area contributed by atoms with Crippen molar-refractivity contribution in [2.45, 2.75) is 25.8 Å². The lowest BCUT2D eigenvalue weighted by Gasteiger charge is -2.15. The van der Waals surface area contributed by atoms with Crippen molar-refractivity contribution in [2.75, 3.05) is 0 Å². The number of benzene rings is 1. The van der Waals surface area contributed by atoms with Crippen molar-refractivity contribution in [3.05, 3.63) is 42.1 Å². The van der Waals surface area contributed by atoms with Crippen LogP contribution in [0.25, 0.3) is 10.9 Å². The monoisotopic (exact) mass is 212 g/mol. The number of hydrogen-bond acceptors (Lipinski definition) is 2. The van der Waals surface area contributed by atoms with Crippen LogP contribution in [-0.4, -0.2) is 4.98 Å². The van der Waals surface area contributed by atoms with Gasteiger partial charge < -0.3 is 5.73 Å². The highest BCUT2D eigenvalue weighted by Crippen LogP contribution is 2.60. The summed E-state index contributed by atoms with van der Waals surface area (Å²) in [5, 5.41) is 1.17. The zero-order valence-electron chi connectivity index (χ0n) is 9.70. The van der Waals surface area contributed by atoms with Gasteiger partial charge in [0.25, 0.3) is 0 Å². The Morgan fingerprint density at radius 2 is 2.00 bits per heavy atom. The summed E-state index contributed by atoms with van der Waals surface area (Å²) >= 11 is 0. The molecule has 1 fully saturated rings. The molecule has 1 aliphatic carbocycles. The molecule has 1 aromatic heterocycles. The van der Waals surface area contributed by atoms with Gasteiger partial charge in [0.2, 0.25) is 0 Å². The van der Waals surface area contributed by atoms with Crippen LogP contribution in [0.1, 0.15) is 25.8 Å². The second kappa shape index (κ2) is 2.83. The Hall–Kier alpha value is -1.41. The fourth-order valence-electron chi connectivity index (χ4n) is 2.49. The van der Waals surface area contributed by atoms with E-state index in [-0.39, 0.29) is 11.0 Å². The van der Waals surface area contributed by atoms with Crippen LogP contribution in [0.2, 0.25) is 0 Å². The molecule has 1 aliphatic rings. The van der Waals surface area contributed by atoms with Crippen LogP contribution in [0, 0.1) is 5.41 Å². The highest BCUT2D eigenvalue weighted by molar-refractivity contribution is 5.79. The van der Waals surface area contributed by atoms with Gasteiger partial charge in [-0.15, -0.1) is 0 Å². The van der Waals surface area contributed by atoms with Gasteiger partial charge in [0.15, 0.2) is 0 Å². The molecule has 0 bridgehead atoms. The number of nitrogens with two attached hydrogens (primary N) is 1. The normalized spacial score (nSPS) is 26.9. The molecule has 2 aromatic rings. The van der Waals surface area contributed by atoms with E-state index in [1.165, 1.54) is 10.9 Å². The molecule has 0 aliphatic heterocycles. The molecule has 16 heavy (non-hydrogen) atoms. The molecule has 1 heterocycles. The average Bonchev–Trinajstić information content (AvgIpc) is 2.79. The maximum Gasteiger partial charge on any atom is 0.0705 e. The maximum atomic E-state index is 6.41. The molecule has 0 spiro atoms. The third-order valence-corrected chi connectivity index (χ3v) is 3.92. The van der Waals surface area contributed by atoms with Crippen LogP contribution in [0.4, 0.5) is 0 Å². The molecule has 0 radical (unpaired) electrons. The molecule has 2 heteroatoms. The van der Waals surface area contributed by atoms with E-state index in [2.05, 4.69) is 43.1 Å². The minimum atomic E-state index is -0.154. The minimum Gasteiger partial charge on any atom is -0.321 e. The third-order valence-electron chi connectivity index (χ3n) is 3.92. The standard InChI is InChI=1S/C14H16N2/c1-13(2)9-14(13,15)11-6-5-10-4-3-7-16-12(10)8-11/h3-8H,9,15H2,1-2H3. The van der Waals surface area contributed by atoms with E-state index in [9.17, 15) is 0 Å². The molecule has 1 atom stereocenters. The first-order chi connectivity index (χ1) is 7.53. The summed E-state index contributed by atoms with van der Waals surface area (Å²) in [6.07, 6.45) is 2.88. The Morgan fingerprint density at radius 3 is 2.69 bits per heavy atom. The number of pyridine rings is 1. The Morgan fingerprint density at radius 1 is 1.25 bits per heavy atom. The lowest BCUT2D eigenvalue weighted by atomic mass is 9.96. The summed E-state index contributed by atoms with van der Waals surface area (Å²) in [5.41, 5.74) is 8.72. The number of aromatic nitrogens is 1. The molecule has 2 N–H and O–H groups in total. The van der Waals surface area contributed by atoms with Crippen molar-refractivity contribution in [3.8, 4) is 0 Å². The van der Waals surface area contributed by atoms with E-state index >= 15 is 0 Å². The van der Waals surface area contributed by atoms with E-state index in [0.717, 1.165) is 11.9 Å². The quantitative estimate of drug-likeness (QED) is 0.789. The summed E-state index contributed by atoms with van der Waals surface area (Å²) in [4.78, 5) is 4.38. The second-order valence-electron chi connectivity index (χ2n) is 5.44. The summed E-state index contributed by atoms with van der Waals surface area (Å²) in [5.74, 6) is 0. The molecule has 3 rings (SSSR count). The highest BCUT2D eigenvalue weighted by atomic mass is 14.9. The van der Waals surface area contributed by atoms with E-state index < -0.39 is 0 Å². The Kier molecular flexibility index (Phi) is 1.73. The van der Waals surface area contributed by atoms with Gasteiger partial charge in [0, 0.05) is 17.1 Å². The molecular formula is C14H16N2. The molecule has 1 aromatic carbocycles. The van der Waals surface area contributed by atoms with E-state index in [1.54, 1.807) is 0 Å². The first-order valence-corrected chi connectivity index (χ1v) is 5.67. The topological polar surface area (TPSA) is 38.9 Å². The van der Waals surface area contributed by atoms with Gasteiger partial charge >= 0.3 is 0 Å². The maximum absolute atomic E-state index is 6.41. The van der Waals surface area contributed by atoms with E-state index in [1.807, 2.05) is 12.3 Å². The van der Waals surface area contributed by atoms with Crippen molar-refractivity contribution in [1.82, 2.24) is 4.98 Å². The van der Waals surface area contributed by atoms with Crippen molar-refractivity contribution >= 4 is 10.9 Å². The zero-order chi connectivity index (χ0) is 11.4. The fraction of sp³-hybridized carbons (Fsp3) is 0.357. The van der Waals surface area contributed by atoms with Crippen LogP contribution in [0.5, 0.6) is 0 Å². The van der Waals surface area contributed by atoms with Gasteiger partial charge in [-0.1, -0.05) is 32.0 Å². The summed E-state index contributed by atoms with van der Waals surface area (Å²) in [6, 6.07) is 10.4. The first kappa shape index (κ1) is 9.79. The van der Waals surface area contributed by atoms with Crippen molar-refractivity contribution in [3.63, 3.8) is 0 Å². The Bertz CT molecular complexity index is 559. The molecule has 1 unspecified atom stereocenters. The summed E-state index contributed by atoms with van der Waals surface area (Å²) < 4.78 is 0. The zero-order valence-corrected chi connectivity index (χ0v) is 9.70. The predicted octanol–water partition coefficient (Wildman–Crippen LogP) is 2.82. The lowest BCUT2D eigenvalue weighted by molar-refractivity contribution is 0.510. The SMILES string of the molecule is CC1(C)CC1(N)c1ccc2cccnc2c1. The van der Waals surface area contributed by atoms with Crippen molar-refractivity contribution in [2.24, 2.45) is 11.1 Å². The first-order valence-electron chi connectivity index (χ1n) is 5.67. The molecule has 1 saturated carbocycles.